The fourth-order valence-electron chi connectivity index (χ4n) is 0.981. The molecule has 1 aromatic carbocycles. The normalized spacial score (nSPS) is 9.56. The minimum Gasteiger partial charge on any atom is -0.649 e. The fourth-order valence-corrected chi connectivity index (χ4v) is 0.981. The molecular weight excluding hydrogens is 223 g/mol. The molecule has 0 bridgehead atoms. The summed E-state index contributed by atoms with van der Waals surface area (Å²) in [5.41, 5.74) is 1.56. The average Bonchev–Trinajstić information content (AvgIpc) is 2.16. The van der Waals surface area contributed by atoms with Crippen LogP contribution in [0.2, 0.25) is 0 Å². The van der Waals surface area contributed by atoms with E-state index >= 15 is 0 Å². The van der Waals surface area contributed by atoms with E-state index in [1.165, 1.54) is 6.47 Å². The van der Waals surface area contributed by atoms with Gasteiger partial charge in [0.15, 0.2) is 0 Å². The summed E-state index contributed by atoms with van der Waals surface area (Å²) >= 11 is 0. The van der Waals surface area contributed by atoms with E-state index in [2.05, 4.69) is 18.6 Å². The predicted octanol–water partition coefficient (Wildman–Crippen LogP) is -0.176. The first kappa shape index (κ1) is 19.3. The number of ether oxygens (including phenoxy) is 1. The van der Waals surface area contributed by atoms with Gasteiger partial charge in [-0.25, -0.2) is 6.42 Å². The van der Waals surface area contributed by atoms with Crippen LogP contribution in [0.3, 0.4) is 0 Å². The van der Waals surface area contributed by atoms with Crippen molar-refractivity contribution in [2.24, 2.45) is 0 Å². The molecule has 1 aromatic rings. The molecule has 0 saturated carbocycles. The van der Waals surface area contributed by atoms with Gasteiger partial charge < -0.3 is 21.6 Å². The molecule has 0 saturated heterocycles. The molecule has 0 fully saturated rings. The molecule has 18 heavy (non-hydrogen) atoms. The first-order valence-electron chi connectivity index (χ1n) is 5.28. The largest absolute Gasteiger partial charge is 1.00 e. The van der Waals surface area contributed by atoms with E-state index in [4.69, 9.17) is 5.11 Å². The molecule has 0 aliphatic heterocycles. The van der Waals surface area contributed by atoms with Crippen molar-refractivity contribution in [2.75, 3.05) is 0 Å². The Labute approximate surface area is 122 Å². The zero-order valence-corrected chi connectivity index (χ0v) is 11.6. The maximum atomic E-state index is 9.47. The number of rotatable bonds is 2. The Kier molecular flexibility index (Phi) is 9.61. The molecule has 0 aliphatic carbocycles. The minimum absolute atomic E-state index is 0. The van der Waals surface area contributed by atoms with Crippen LogP contribution in [0.1, 0.15) is 31.9 Å². The summed E-state index contributed by atoms with van der Waals surface area (Å²) in [6.45, 7) is 14.2. The van der Waals surface area contributed by atoms with Crippen LogP contribution in [0.4, 0.5) is 0 Å². The SMILES string of the molecule is CC(C)(C)O[C-]=O.[CH2-]Cc1ccc(O)cc1[CH2-].[Li+]. The van der Waals surface area contributed by atoms with Crippen molar-refractivity contribution in [3.05, 3.63) is 43.2 Å². The van der Waals surface area contributed by atoms with Crippen molar-refractivity contribution < 1.29 is 33.5 Å². The Morgan fingerprint density at radius 3 is 2.22 bits per heavy atom. The van der Waals surface area contributed by atoms with Crippen LogP contribution in [0.15, 0.2) is 18.2 Å². The van der Waals surface area contributed by atoms with E-state index in [1.54, 1.807) is 32.9 Å². The van der Waals surface area contributed by atoms with Crippen molar-refractivity contribution in [1.29, 1.82) is 0 Å². The number of phenols is 1. The summed E-state index contributed by atoms with van der Waals surface area (Å²) in [6, 6.07) is 5.13. The summed E-state index contributed by atoms with van der Waals surface area (Å²) in [6.07, 6.45) is 0.721. The van der Waals surface area contributed by atoms with Gasteiger partial charge in [0.1, 0.15) is 0 Å². The van der Waals surface area contributed by atoms with Crippen LogP contribution in [-0.4, -0.2) is 17.2 Å². The smallest absolute Gasteiger partial charge is 0.649 e. The first-order chi connectivity index (χ1) is 7.80. The third-order valence-corrected chi connectivity index (χ3v) is 1.81. The third kappa shape index (κ3) is 9.04. The van der Waals surface area contributed by atoms with Gasteiger partial charge in [0, 0.05) is 0 Å². The summed E-state index contributed by atoms with van der Waals surface area (Å²) in [5, 5.41) is 8.97. The summed E-state index contributed by atoms with van der Waals surface area (Å²) in [7, 11) is 0. The standard InChI is InChI=1S/C9H10O.C5H9O2.Li/c1-3-8-4-5-9(10)6-7(8)2;1-5(2,3)7-4-6;/h4-6,10H,1-3H2;1-3H3;/q-2;-1;+1. The van der Waals surface area contributed by atoms with Crippen molar-refractivity contribution >= 4 is 6.47 Å². The molecule has 0 radical (unpaired) electrons. The molecule has 0 aromatic heterocycles. The van der Waals surface area contributed by atoms with E-state index in [0.717, 1.165) is 17.5 Å². The minimum atomic E-state index is -0.373. The van der Waals surface area contributed by atoms with Crippen LogP contribution >= 0.6 is 0 Å². The maximum absolute atomic E-state index is 9.47. The predicted molar refractivity (Wildman–Crippen MR) is 68.2 cm³/mol. The van der Waals surface area contributed by atoms with E-state index < -0.39 is 0 Å². The van der Waals surface area contributed by atoms with Gasteiger partial charge in [0.05, 0.1) is 11.4 Å². The quantitative estimate of drug-likeness (QED) is 0.578. The summed E-state index contributed by atoms with van der Waals surface area (Å²) in [5.74, 6) is 0.266. The number of aromatic hydroxyl groups is 1. The number of hydrogen-bond acceptors (Lipinski definition) is 3. The molecule has 4 heteroatoms. The van der Waals surface area contributed by atoms with Gasteiger partial charge in [0.2, 0.25) is 0 Å². The maximum Gasteiger partial charge on any atom is 1.00 e. The van der Waals surface area contributed by atoms with Crippen LogP contribution < -0.4 is 18.9 Å². The second kappa shape index (κ2) is 8.96. The van der Waals surface area contributed by atoms with Crippen LogP contribution in [0, 0.1) is 13.8 Å². The Morgan fingerprint density at radius 2 is 1.94 bits per heavy atom. The zero-order chi connectivity index (χ0) is 13.5. The van der Waals surface area contributed by atoms with Gasteiger partial charge in [-0.2, -0.15) is 18.1 Å². The number of phenolic OH excluding ortho intramolecular Hbond substituents is 1. The molecule has 1 N–H and O–H groups in total. The molecule has 0 heterocycles. The molecule has 1 rings (SSSR count). The van der Waals surface area contributed by atoms with Crippen LogP contribution in [0.5, 0.6) is 5.75 Å². The first-order valence-corrected chi connectivity index (χ1v) is 5.28. The van der Waals surface area contributed by atoms with Gasteiger partial charge in [-0.3, -0.25) is 0 Å². The summed E-state index contributed by atoms with van der Waals surface area (Å²) < 4.78 is 4.42. The fraction of sp³-hybridized carbons (Fsp3) is 0.357. The van der Waals surface area contributed by atoms with Crippen molar-refractivity contribution in [1.82, 2.24) is 0 Å². The van der Waals surface area contributed by atoms with E-state index in [1.807, 2.05) is 6.07 Å². The van der Waals surface area contributed by atoms with E-state index in [-0.39, 0.29) is 30.2 Å². The number of benzene rings is 1. The molecule has 0 unspecified atom stereocenters. The van der Waals surface area contributed by atoms with Crippen molar-refractivity contribution in [2.45, 2.75) is 32.8 Å². The summed E-state index contributed by atoms with van der Waals surface area (Å²) in [4.78, 5) is 9.47. The molecule has 0 amide bonds. The average molecular weight is 242 g/mol. The molecule has 0 spiro atoms. The third-order valence-electron chi connectivity index (χ3n) is 1.81. The number of hydrogen-bond donors (Lipinski definition) is 1. The van der Waals surface area contributed by atoms with Gasteiger partial charge in [0.25, 0.3) is 0 Å². The molecule has 0 atom stereocenters. The second-order valence-corrected chi connectivity index (χ2v) is 4.50. The van der Waals surface area contributed by atoms with Crippen molar-refractivity contribution in [3.8, 4) is 5.75 Å². The van der Waals surface area contributed by atoms with Gasteiger partial charge in [-0.15, -0.1) is 12.1 Å². The second-order valence-electron chi connectivity index (χ2n) is 4.50. The number of carbonyl (C=O) groups excluding carboxylic acids is 1. The topological polar surface area (TPSA) is 46.5 Å². The van der Waals surface area contributed by atoms with Gasteiger partial charge in [-0.1, -0.05) is 6.47 Å². The monoisotopic (exact) mass is 242 g/mol. The Bertz CT molecular complexity index is 357. The molecular formula is C14H19LiO3-2. The van der Waals surface area contributed by atoms with E-state index in [0.29, 0.717) is 0 Å². The molecule has 0 aliphatic rings. The molecule has 96 valence electrons. The van der Waals surface area contributed by atoms with Crippen LogP contribution in [-0.2, 0) is 16.0 Å². The Morgan fingerprint density at radius 1 is 1.39 bits per heavy atom. The van der Waals surface area contributed by atoms with Crippen molar-refractivity contribution in [3.63, 3.8) is 0 Å². The van der Waals surface area contributed by atoms with Gasteiger partial charge in [-0.05, 0) is 26.8 Å². The Balaban J connectivity index is 0. The van der Waals surface area contributed by atoms with E-state index in [9.17, 15) is 4.79 Å². The molecule has 3 nitrogen and oxygen atoms in total. The Hall–Kier alpha value is -1.04. The van der Waals surface area contributed by atoms with Gasteiger partial charge >= 0.3 is 18.9 Å². The zero-order valence-electron chi connectivity index (χ0n) is 11.6. The van der Waals surface area contributed by atoms with Crippen LogP contribution in [0.25, 0.3) is 0 Å².